The quantitative estimate of drug-likeness (QED) is 0.789. The summed E-state index contributed by atoms with van der Waals surface area (Å²) >= 11 is 7.07. The van der Waals surface area contributed by atoms with E-state index < -0.39 is 0 Å². The number of hydrogen-bond acceptors (Lipinski definition) is 5. The van der Waals surface area contributed by atoms with Gasteiger partial charge in [0.05, 0.1) is 0 Å². The van der Waals surface area contributed by atoms with Crippen molar-refractivity contribution in [2.75, 3.05) is 11.1 Å². The fraction of sp³-hybridized carbons (Fsp3) is 0.286. The summed E-state index contributed by atoms with van der Waals surface area (Å²) < 4.78 is 0. The molecule has 2 rings (SSSR count). The van der Waals surface area contributed by atoms with E-state index in [1.807, 2.05) is 26.0 Å². The Morgan fingerprint density at radius 2 is 2.05 bits per heavy atom. The first-order chi connectivity index (χ1) is 9.95. The van der Waals surface area contributed by atoms with E-state index in [0.29, 0.717) is 21.6 Å². The van der Waals surface area contributed by atoms with Gasteiger partial charge in [-0.2, -0.15) is 0 Å². The van der Waals surface area contributed by atoms with Crippen LogP contribution in [0.4, 0.5) is 10.9 Å². The minimum atomic E-state index is -0.225. The van der Waals surface area contributed by atoms with Crippen molar-refractivity contribution in [3.8, 4) is 0 Å². The van der Waals surface area contributed by atoms with Crippen LogP contribution < -0.4 is 16.4 Å². The molecular formula is C14H17ClN4OS. The number of halogens is 1. The lowest BCUT2D eigenvalue weighted by atomic mass is 10.2. The van der Waals surface area contributed by atoms with Crippen LogP contribution in [0.25, 0.3) is 0 Å². The van der Waals surface area contributed by atoms with Crippen LogP contribution in [0.15, 0.2) is 24.3 Å². The van der Waals surface area contributed by atoms with Crippen LogP contribution in [0.2, 0.25) is 5.02 Å². The zero-order chi connectivity index (χ0) is 15.4. The molecule has 0 atom stereocenters. The summed E-state index contributed by atoms with van der Waals surface area (Å²) in [6, 6.07) is 7.54. The predicted octanol–water partition coefficient (Wildman–Crippen LogP) is 3.13. The van der Waals surface area contributed by atoms with Crippen molar-refractivity contribution < 1.29 is 4.79 Å². The minimum Gasteiger partial charge on any atom is -0.382 e. The molecule has 5 nitrogen and oxygen atoms in total. The summed E-state index contributed by atoms with van der Waals surface area (Å²) in [5.74, 6) is 0.0218. The highest BCUT2D eigenvalue weighted by atomic mass is 35.5. The monoisotopic (exact) mass is 324 g/mol. The molecule has 0 aliphatic rings. The summed E-state index contributed by atoms with van der Waals surface area (Å²) in [5.41, 5.74) is 6.76. The van der Waals surface area contributed by atoms with Crippen LogP contribution >= 0.6 is 22.9 Å². The molecule has 0 bridgehead atoms. The molecule has 1 aromatic carbocycles. The Labute approximate surface area is 132 Å². The van der Waals surface area contributed by atoms with Crippen molar-refractivity contribution >= 4 is 39.8 Å². The van der Waals surface area contributed by atoms with E-state index in [-0.39, 0.29) is 17.8 Å². The summed E-state index contributed by atoms with van der Waals surface area (Å²) in [7, 11) is 0. The molecule has 112 valence electrons. The van der Waals surface area contributed by atoms with Crippen molar-refractivity contribution in [3.63, 3.8) is 0 Å². The lowest BCUT2D eigenvalue weighted by Gasteiger charge is -2.05. The normalized spacial score (nSPS) is 10.7. The second-order valence-corrected chi connectivity index (χ2v) is 6.28. The number of rotatable bonds is 5. The number of benzene rings is 1. The first-order valence-corrected chi connectivity index (χ1v) is 7.70. The lowest BCUT2D eigenvalue weighted by Crippen LogP contribution is -2.22. The van der Waals surface area contributed by atoms with Gasteiger partial charge in [-0.3, -0.25) is 4.79 Å². The zero-order valence-corrected chi connectivity index (χ0v) is 13.4. The first kappa shape index (κ1) is 15.6. The van der Waals surface area contributed by atoms with Crippen LogP contribution in [0.3, 0.4) is 0 Å². The first-order valence-electron chi connectivity index (χ1n) is 6.51. The van der Waals surface area contributed by atoms with Gasteiger partial charge < -0.3 is 16.4 Å². The van der Waals surface area contributed by atoms with Gasteiger partial charge in [-0.1, -0.05) is 35.1 Å². The SMILES string of the molecule is CC(C)Nc1nc(N)c(C(=O)NCc2ccc(Cl)cc2)s1. The van der Waals surface area contributed by atoms with E-state index in [1.54, 1.807) is 12.1 Å². The number of thiazole rings is 1. The lowest BCUT2D eigenvalue weighted by molar-refractivity contribution is 0.0955. The topological polar surface area (TPSA) is 80.0 Å². The van der Waals surface area contributed by atoms with E-state index in [2.05, 4.69) is 15.6 Å². The van der Waals surface area contributed by atoms with Gasteiger partial charge >= 0.3 is 0 Å². The number of carbonyl (C=O) groups excluding carboxylic acids is 1. The minimum absolute atomic E-state index is 0.225. The van der Waals surface area contributed by atoms with Crippen molar-refractivity contribution in [1.29, 1.82) is 0 Å². The van der Waals surface area contributed by atoms with Gasteiger partial charge in [0.1, 0.15) is 10.7 Å². The molecule has 0 unspecified atom stereocenters. The fourth-order valence-corrected chi connectivity index (χ4v) is 2.74. The average Bonchev–Trinajstić information content (AvgIpc) is 2.77. The summed E-state index contributed by atoms with van der Waals surface area (Å²) in [5, 5.41) is 7.28. The predicted molar refractivity (Wildman–Crippen MR) is 87.9 cm³/mol. The highest BCUT2D eigenvalue weighted by molar-refractivity contribution is 7.18. The van der Waals surface area contributed by atoms with Crippen molar-refractivity contribution in [2.24, 2.45) is 0 Å². The molecule has 1 aromatic heterocycles. The largest absolute Gasteiger partial charge is 0.382 e. The van der Waals surface area contributed by atoms with Crippen molar-refractivity contribution in [1.82, 2.24) is 10.3 Å². The van der Waals surface area contributed by atoms with Gasteiger partial charge in [-0.25, -0.2) is 4.98 Å². The molecule has 0 spiro atoms. The van der Waals surface area contributed by atoms with Crippen molar-refractivity contribution in [3.05, 3.63) is 39.7 Å². The maximum Gasteiger partial charge on any atom is 0.265 e. The number of nitrogens with zero attached hydrogens (tertiary/aromatic N) is 1. The Hall–Kier alpha value is -1.79. The zero-order valence-electron chi connectivity index (χ0n) is 11.8. The van der Waals surface area contributed by atoms with Crippen LogP contribution in [0.1, 0.15) is 29.1 Å². The molecule has 1 heterocycles. The maximum absolute atomic E-state index is 12.1. The molecule has 0 aliphatic heterocycles. The third kappa shape index (κ3) is 4.34. The van der Waals surface area contributed by atoms with E-state index in [4.69, 9.17) is 17.3 Å². The molecular weight excluding hydrogens is 308 g/mol. The molecule has 1 amide bonds. The highest BCUT2D eigenvalue weighted by Crippen LogP contribution is 2.25. The molecule has 21 heavy (non-hydrogen) atoms. The van der Waals surface area contributed by atoms with E-state index in [9.17, 15) is 4.79 Å². The molecule has 0 saturated carbocycles. The smallest absolute Gasteiger partial charge is 0.265 e. The molecule has 0 radical (unpaired) electrons. The molecule has 7 heteroatoms. The van der Waals surface area contributed by atoms with E-state index in [1.165, 1.54) is 11.3 Å². The Balaban J connectivity index is 2.00. The summed E-state index contributed by atoms with van der Waals surface area (Å²) in [4.78, 5) is 16.7. The summed E-state index contributed by atoms with van der Waals surface area (Å²) in [6.45, 7) is 4.41. The Kier molecular flexibility index (Phi) is 5.03. The van der Waals surface area contributed by atoms with Gasteiger partial charge in [-0.05, 0) is 31.5 Å². The molecule has 0 aliphatic carbocycles. The number of anilines is 2. The third-order valence-corrected chi connectivity index (χ3v) is 3.89. The Morgan fingerprint density at radius 3 is 2.67 bits per heavy atom. The number of nitrogens with one attached hydrogen (secondary N) is 2. The second-order valence-electron chi connectivity index (χ2n) is 4.84. The molecule has 0 fully saturated rings. The van der Waals surface area contributed by atoms with E-state index in [0.717, 1.165) is 5.56 Å². The van der Waals surface area contributed by atoms with Gasteiger partial charge in [0.15, 0.2) is 5.13 Å². The van der Waals surface area contributed by atoms with E-state index >= 15 is 0 Å². The number of nitrogens with two attached hydrogens (primary N) is 1. The number of hydrogen-bond donors (Lipinski definition) is 3. The number of nitrogen functional groups attached to an aromatic ring is 1. The highest BCUT2D eigenvalue weighted by Gasteiger charge is 2.16. The average molecular weight is 325 g/mol. The number of carbonyl (C=O) groups is 1. The van der Waals surface area contributed by atoms with Crippen molar-refractivity contribution in [2.45, 2.75) is 26.4 Å². The van der Waals surface area contributed by atoms with Crippen LogP contribution in [0.5, 0.6) is 0 Å². The second kappa shape index (κ2) is 6.78. The van der Waals surface area contributed by atoms with Gasteiger partial charge in [0.25, 0.3) is 5.91 Å². The van der Waals surface area contributed by atoms with Crippen LogP contribution in [0, 0.1) is 0 Å². The Morgan fingerprint density at radius 1 is 1.38 bits per heavy atom. The van der Waals surface area contributed by atoms with Crippen LogP contribution in [-0.2, 0) is 6.54 Å². The maximum atomic E-state index is 12.1. The van der Waals surface area contributed by atoms with Gasteiger partial charge in [0, 0.05) is 17.6 Å². The third-order valence-electron chi connectivity index (χ3n) is 2.64. The Bertz CT molecular complexity index is 624. The molecule has 2 aromatic rings. The molecule has 4 N–H and O–H groups in total. The number of aromatic nitrogens is 1. The van der Waals surface area contributed by atoms with Gasteiger partial charge in [-0.15, -0.1) is 0 Å². The summed E-state index contributed by atoms with van der Waals surface area (Å²) in [6.07, 6.45) is 0. The molecule has 0 saturated heterocycles. The van der Waals surface area contributed by atoms with Crippen LogP contribution in [-0.4, -0.2) is 16.9 Å². The van der Waals surface area contributed by atoms with Gasteiger partial charge in [0.2, 0.25) is 0 Å². The number of amides is 1. The standard InChI is InChI=1S/C14H17ClN4OS/c1-8(2)18-14-19-12(16)11(21-14)13(20)17-7-9-3-5-10(15)6-4-9/h3-6,8H,7,16H2,1-2H3,(H,17,20)(H,18,19). The fourth-order valence-electron chi connectivity index (χ4n) is 1.67.